The van der Waals surface area contributed by atoms with Gasteiger partial charge in [-0.3, -0.25) is 18.7 Å². The third-order valence-electron chi connectivity index (χ3n) is 4.03. The normalized spacial score (nSPS) is 12.5. The van der Waals surface area contributed by atoms with Crippen molar-refractivity contribution in [3.63, 3.8) is 0 Å². The number of carbonyl (C=O) groups is 1. The zero-order valence-electron chi connectivity index (χ0n) is 14.4. The first-order valence-corrected chi connectivity index (χ1v) is 7.84. The van der Waals surface area contributed by atoms with Gasteiger partial charge >= 0.3 is 5.69 Å². The fourth-order valence-electron chi connectivity index (χ4n) is 2.64. The van der Waals surface area contributed by atoms with E-state index >= 15 is 0 Å². The van der Waals surface area contributed by atoms with Crippen molar-refractivity contribution in [1.29, 1.82) is 0 Å². The van der Waals surface area contributed by atoms with E-state index in [0.717, 1.165) is 4.57 Å². The molecule has 9 nitrogen and oxygen atoms in total. The molecular weight excluding hydrogens is 314 g/mol. The first-order valence-electron chi connectivity index (χ1n) is 7.84. The largest absolute Gasteiger partial charge is 0.393 e. The fourth-order valence-corrected chi connectivity index (χ4v) is 2.64. The van der Waals surface area contributed by atoms with E-state index in [4.69, 9.17) is 0 Å². The molecule has 0 aliphatic rings. The molecule has 0 spiro atoms. The standard InChI is InChI=1S/C15H23N5O4/c1-5-19(11(22)8-10(2)21)6-7-20-9-16-13-12(20)14(23)18(4)15(24)17(13)3/h9-10,21H,5-8H2,1-4H3. The molecule has 1 N–H and O–H groups in total. The van der Waals surface area contributed by atoms with Crippen LogP contribution in [0.3, 0.4) is 0 Å². The Morgan fingerprint density at radius 3 is 2.58 bits per heavy atom. The lowest BCUT2D eigenvalue weighted by atomic mass is 10.2. The summed E-state index contributed by atoms with van der Waals surface area (Å²) in [5.41, 5.74) is -0.191. The summed E-state index contributed by atoms with van der Waals surface area (Å²) in [6.07, 6.45) is 0.871. The minimum absolute atomic E-state index is 0.0643. The maximum atomic E-state index is 12.4. The summed E-state index contributed by atoms with van der Waals surface area (Å²) in [4.78, 5) is 42.1. The molecule has 0 bridgehead atoms. The maximum Gasteiger partial charge on any atom is 0.332 e. The van der Waals surface area contributed by atoms with Gasteiger partial charge in [-0.25, -0.2) is 9.78 Å². The minimum Gasteiger partial charge on any atom is -0.393 e. The van der Waals surface area contributed by atoms with Crippen LogP contribution in [0.5, 0.6) is 0 Å². The topological polar surface area (TPSA) is 102 Å². The summed E-state index contributed by atoms with van der Waals surface area (Å²) in [5.74, 6) is -0.141. The molecule has 1 unspecified atom stereocenters. The van der Waals surface area contributed by atoms with E-state index < -0.39 is 17.4 Å². The number of hydrogen-bond acceptors (Lipinski definition) is 5. The maximum absolute atomic E-state index is 12.4. The number of imidazole rings is 1. The summed E-state index contributed by atoms with van der Waals surface area (Å²) in [6.45, 7) is 4.70. The van der Waals surface area contributed by atoms with E-state index in [1.165, 1.54) is 17.9 Å². The minimum atomic E-state index is -0.692. The Hall–Kier alpha value is -2.42. The smallest absolute Gasteiger partial charge is 0.332 e. The van der Waals surface area contributed by atoms with Crippen LogP contribution in [0.15, 0.2) is 15.9 Å². The average molecular weight is 337 g/mol. The molecule has 0 fully saturated rings. The van der Waals surface area contributed by atoms with Crippen LogP contribution in [0.4, 0.5) is 0 Å². The third-order valence-corrected chi connectivity index (χ3v) is 4.03. The first kappa shape index (κ1) is 17.9. The van der Waals surface area contributed by atoms with Crippen molar-refractivity contribution in [2.75, 3.05) is 13.1 Å². The van der Waals surface area contributed by atoms with Crippen LogP contribution < -0.4 is 11.2 Å². The van der Waals surface area contributed by atoms with E-state index in [1.54, 1.807) is 23.4 Å². The lowest BCUT2D eigenvalue weighted by molar-refractivity contribution is -0.132. The number of fused-ring (bicyclic) bond motifs is 1. The molecule has 2 heterocycles. The van der Waals surface area contributed by atoms with Crippen molar-refractivity contribution < 1.29 is 9.90 Å². The SMILES string of the molecule is CCN(CCn1cnc2c1c(=O)n(C)c(=O)n2C)C(=O)CC(C)O. The number of likely N-dealkylation sites (N-methyl/N-ethyl adjacent to an activating group) is 1. The van der Waals surface area contributed by atoms with Crippen molar-refractivity contribution >= 4 is 17.1 Å². The van der Waals surface area contributed by atoms with Gasteiger partial charge in [-0.1, -0.05) is 0 Å². The van der Waals surface area contributed by atoms with Gasteiger partial charge in [-0.05, 0) is 13.8 Å². The number of aliphatic hydroxyl groups excluding tert-OH is 1. The number of aliphatic hydroxyl groups is 1. The van der Waals surface area contributed by atoms with Crippen molar-refractivity contribution in [3.8, 4) is 0 Å². The van der Waals surface area contributed by atoms with Crippen LogP contribution in [0.2, 0.25) is 0 Å². The Kier molecular flexibility index (Phi) is 5.23. The van der Waals surface area contributed by atoms with Crippen LogP contribution in [0, 0.1) is 0 Å². The van der Waals surface area contributed by atoms with Crippen LogP contribution >= 0.6 is 0 Å². The lowest BCUT2D eigenvalue weighted by Gasteiger charge is -2.22. The van der Waals surface area contributed by atoms with Crippen molar-refractivity contribution in [3.05, 3.63) is 27.2 Å². The van der Waals surface area contributed by atoms with Gasteiger partial charge in [-0.2, -0.15) is 0 Å². The molecule has 9 heteroatoms. The summed E-state index contributed by atoms with van der Waals surface area (Å²) in [5, 5.41) is 9.35. The molecule has 1 amide bonds. The Balaban J connectivity index is 2.30. The summed E-state index contributed by atoms with van der Waals surface area (Å²) >= 11 is 0. The Morgan fingerprint density at radius 2 is 2.00 bits per heavy atom. The second kappa shape index (κ2) is 7.00. The van der Waals surface area contributed by atoms with E-state index in [1.807, 2.05) is 6.92 Å². The highest BCUT2D eigenvalue weighted by molar-refractivity contribution is 5.76. The van der Waals surface area contributed by atoms with Gasteiger partial charge in [0, 0.05) is 33.7 Å². The van der Waals surface area contributed by atoms with Crippen molar-refractivity contribution in [2.45, 2.75) is 32.9 Å². The molecule has 0 saturated carbocycles. The second-order valence-electron chi connectivity index (χ2n) is 5.84. The highest BCUT2D eigenvalue weighted by Gasteiger charge is 2.17. The highest BCUT2D eigenvalue weighted by atomic mass is 16.3. The Morgan fingerprint density at radius 1 is 1.33 bits per heavy atom. The molecule has 2 rings (SSSR count). The number of carbonyl (C=O) groups excluding carboxylic acids is 1. The number of rotatable bonds is 6. The van der Waals surface area contributed by atoms with Gasteiger partial charge in [0.1, 0.15) is 0 Å². The van der Waals surface area contributed by atoms with Crippen LogP contribution in [-0.2, 0) is 25.4 Å². The average Bonchev–Trinajstić information content (AvgIpc) is 2.95. The van der Waals surface area contributed by atoms with Gasteiger partial charge in [-0.15, -0.1) is 0 Å². The summed E-state index contributed by atoms with van der Waals surface area (Å²) < 4.78 is 4.01. The predicted molar refractivity (Wildman–Crippen MR) is 88.8 cm³/mol. The molecule has 1 atom stereocenters. The van der Waals surface area contributed by atoms with E-state index in [2.05, 4.69) is 4.98 Å². The molecule has 2 aromatic heterocycles. The number of nitrogens with zero attached hydrogens (tertiary/aromatic N) is 5. The van der Waals surface area contributed by atoms with Crippen LogP contribution in [0.25, 0.3) is 11.2 Å². The Labute approximate surface area is 138 Å². The quantitative estimate of drug-likeness (QED) is 0.732. The monoisotopic (exact) mass is 337 g/mol. The number of aryl methyl sites for hydroxylation is 1. The number of hydrogen-bond donors (Lipinski definition) is 1. The number of amides is 1. The Bertz CT molecular complexity index is 861. The molecule has 132 valence electrons. The van der Waals surface area contributed by atoms with Gasteiger partial charge in [0.05, 0.1) is 18.9 Å². The summed E-state index contributed by atoms with van der Waals surface area (Å²) in [6, 6.07) is 0. The van der Waals surface area contributed by atoms with E-state index in [9.17, 15) is 19.5 Å². The predicted octanol–water partition coefficient (Wildman–Crippen LogP) is -0.947. The third kappa shape index (κ3) is 3.25. The molecule has 0 saturated heterocycles. The van der Waals surface area contributed by atoms with Gasteiger partial charge in [0.2, 0.25) is 5.91 Å². The molecule has 0 aliphatic carbocycles. The van der Waals surface area contributed by atoms with Crippen LogP contribution in [-0.4, -0.2) is 53.8 Å². The second-order valence-corrected chi connectivity index (χ2v) is 5.84. The van der Waals surface area contributed by atoms with E-state index in [-0.39, 0.29) is 12.3 Å². The molecular formula is C15H23N5O4. The molecule has 24 heavy (non-hydrogen) atoms. The molecule has 2 aromatic rings. The van der Waals surface area contributed by atoms with E-state index in [0.29, 0.717) is 30.8 Å². The van der Waals surface area contributed by atoms with Gasteiger partial charge in [0.25, 0.3) is 5.56 Å². The zero-order chi connectivity index (χ0) is 18.0. The molecule has 0 radical (unpaired) electrons. The molecule has 0 aliphatic heterocycles. The zero-order valence-corrected chi connectivity index (χ0v) is 14.4. The van der Waals surface area contributed by atoms with Gasteiger partial charge in [0.15, 0.2) is 11.2 Å². The van der Waals surface area contributed by atoms with Gasteiger partial charge < -0.3 is 14.6 Å². The molecule has 0 aromatic carbocycles. The van der Waals surface area contributed by atoms with Crippen molar-refractivity contribution in [1.82, 2.24) is 23.6 Å². The summed E-state index contributed by atoms with van der Waals surface area (Å²) in [7, 11) is 2.98. The van der Waals surface area contributed by atoms with Crippen molar-refractivity contribution in [2.24, 2.45) is 14.1 Å². The lowest BCUT2D eigenvalue weighted by Crippen LogP contribution is -2.38. The fraction of sp³-hybridized carbons (Fsp3) is 0.600. The van der Waals surface area contributed by atoms with Crippen LogP contribution in [0.1, 0.15) is 20.3 Å². The first-order chi connectivity index (χ1) is 11.3. The number of aromatic nitrogens is 4. The highest BCUT2D eigenvalue weighted by Crippen LogP contribution is 2.06.